The Balaban J connectivity index is 2.77. The SMILES string of the molecule is Cc1c(-c2ccncc2)cc(C(=O)O)c(=O)n1C. The topological polar surface area (TPSA) is 72.2 Å². The zero-order chi connectivity index (χ0) is 13.3. The molecule has 5 nitrogen and oxygen atoms in total. The monoisotopic (exact) mass is 244 g/mol. The number of nitrogens with zero attached hydrogens (tertiary/aromatic N) is 2. The number of rotatable bonds is 2. The number of carboxylic acid groups (broad SMARTS) is 1. The summed E-state index contributed by atoms with van der Waals surface area (Å²) in [4.78, 5) is 26.7. The Bertz CT molecular complexity index is 660. The fourth-order valence-corrected chi connectivity index (χ4v) is 1.80. The van der Waals surface area contributed by atoms with Crippen LogP contribution in [0.1, 0.15) is 16.1 Å². The molecule has 1 N–H and O–H groups in total. The van der Waals surface area contributed by atoms with Crippen LogP contribution in [0, 0.1) is 6.92 Å². The molecule has 18 heavy (non-hydrogen) atoms. The number of aromatic nitrogens is 2. The minimum absolute atomic E-state index is 0.227. The predicted molar refractivity (Wildman–Crippen MR) is 66.6 cm³/mol. The van der Waals surface area contributed by atoms with E-state index in [2.05, 4.69) is 4.98 Å². The van der Waals surface area contributed by atoms with Gasteiger partial charge in [0, 0.05) is 30.7 Å². The normalized spacial score (nSPS) is 10.3. The van der Waals surface area contributed by atoms with Gasteiger partial charge in [-0.3, -0.25) is 9.78 Å². The Hall–Kier alpha value is -2.43. The van der Waals surface area contributed by atoms with E-state index in [1.165, 1.54) is 10.6 Å². The maximum atomic E-state index is 11.8. The fourth-order valence-electron chi connectivity index (χ4n) is 1.80. The first-order chi connectivity index (χ1) is 8.52. The number of hydrogen-bond acceptors (Lipinski definition) is 3. The number of aromatic carboxylic acids is 1. The van der Waals surface area contributed by atoms with Crippen LogP contribution in [0.25, 0.3) is 11.1 Å². The lowest BCUT2D eigenvalue weighted by Crippen LogP contribution is -2.26. The van der Waals surface area contributed by atoms with Crippen LogP contribution in [-0.2, 0) is 7.05 Å². The summed E-state index contributed by atoms with van der Waals surface area (Å²) in [5, 5.41) is 9.03. The Labute approximate surface area is 103 Å². The molecular formula is C13H12N2O3. The first-order valence-electron chi connectivity index (χ1n) is 5.36. The van der Waals surface area contributed by atoms with Crippen molar-refractivity contribution in [2.24, 2.45) is 7.05 Å². The van der Waals surface area contributed by atoms with Crippen molar-refractivity contribution >= 4 is 5.97 Å². The highest BCUT2D eigenvalue weighted by molar-refractivity contribution is 5.89. The molecule has 5 heteroatoms. The molecule has 2 rings (SSSR count). The molecule has 0 bridgehead atoms. The van der Waals surface area contributed by atoms with Crippen LogP contribution in [0.3, 0.4) is 0 Å². The van der Waals surface area contributed by atoms with E-state index < -0.39 is 11.5 Å². The van der Waals surface area contributed by atoms with Gasteiger partial charge in [0.2, 0.25) is 0 Å². The maximum Gasteiger partial charge on any atom is 0.341 e. The summed E-state index contributed by atoms with van der Waals surface area (Å²) in [6.45, 7) is 1.78. The van der Waals surface area contributed by atoms with Gasteiger partial charge < -0.3 is 9.67 Å². The van der Waals surface area contributed by atoms with Crippen molar-refractivity contribution < 1.29 is 9.90 Å². The largest absolute Gasteiger partial charge is 0.477 e. The standard InChI is InChI=1S/C13H12N2O3/c1-8-10(9-3-5-14-6-4-9)7-11(13(17)18)12(16)15(8)2/h3-7H,1-2H3,(H,17,18). The lowest BCUT2D eigenvalue weighted by atomic mass is 10.0. The van der Waals surface area contributed by atoms with Gasteiger partial charge in [-0.05, 0) is 30.7 Å². The second-order valence-corrected chi connectivity index (χ2v) is 3.96. The average Bonchev–Trinajstić information content (AvgIpc) is 2.37. The summed E-state index contributed by atoms with van der Waals surface area (Å²) >= 11 is 0. The highest BCUT2D eigenvalue weighted by Gasteiger charge is 2.15. The van der Waals surface area contributed by atoms with Crippen LogP contribution < -0.4 is 5.56 Å². The molecule has 0 aliphatic rings. The van der Waals surface area contributed by atoms with Crippen LogP contribution in [0.2, 0.25) is 0 Å². The van der Waals surface area contributed by atoms with Gasteiger partial charge in [-0.25, -0.2) is 4.79 Å². The third-order valence-corrected chi connectivity index (χ3v) is 2.94. The van der Waals surface area contributed by atoms with Crippen molar-refractivity contribution in [3.8, 4) is 11.1 Å². The van der Waals surface area contributed by atoms with Gasteiger partial charge in [-0.15, -0.1) is 0 Å². The van der Waals surface area contributed by atoms with Crippen LogP contribution in [0.4, 0.5) is 0 Å². The first kappa shape index (κ1) is 12.0. The average molecular weight is 244 g/mol. The molecule has 0 radical (unpaired) electrons. The van der Waals surface area contributed by atoms with E-state index >= 15 is 0 Å². The molecule has 0 aliphatic carbocycles. The molecule has 0 aromatic carbocycles. The van der Waals surface area contributed by atoms with E-state index in [0.29, 0.717) is 0 Å². The summed E-state index contributed by atoms with van der Waals surface area (Å²) in [6, 6.07) is 4.96. The van der Waals surface area contributed by atoms with Gasteiger partial charge in [0.05, 0.1) is 0 Å². The fraction of sp³-hybridized carbons (Fsp3) is 0.154. The zero-order valence-electron chi connectivity index (χ0n) is 10.0. The van der Waals surface area contributed by atoms with E-state index in [-0.39, 0.29) is 5.56 Å². The molecule has 0 fully saturated rings. The molecule has 0 unspecified atom stereocenters. The lowest BCUT2D eigenvalue weighted by Gasteiger charge is -2.11. The summed E-state index contributed by atoms with van der Waals surface area (Å²) < 4.78 is 1.35. The predicted octanol–water partition coefficient (Wildman–Crippen LogP) is 1.45. The third-order valence-electron chi connectivity index (χ3n) is 2.94. The molecule has 2 heterocycles. The quantitative estimate of drug-likeness (QED) is 0.867. The van der Waals surface area contributed by atoms with Crippen LogP contribution in [-0.4, -0.2) is 20.6 Å². The van der Waals surface area contributed by atoms with E-state index in [0.717, 1.165) is 16.8 Å². The van der Waals surface area contributed by atoms with E-state index in [1.54, 1.807) is 38.5 Å². The Morgan fingerprint density at radius 2 is 1.94 bits per heavy atom. The van der Waals surface area contributed by atoms with Crippen molar-refractivity contribution in [3.63, 3.8) is 0 Å². The van der Waals surface area contributed by atoms with Gasteiger partial charge in [0.25, 0.3) is 5.56 Å². The Morgan fingerprint density at radius 1 is 1.33 bits per heavy atom. The molecule has 0 atom stereocenters. The highest BCUT2D eigenvalue weighted by atomic mass is 16.4. The van der Waals surface area contributed by atoms with Crippen molar-refractivity contribution in [2.75, 3.05) is 0 Å². The molecule has 0 spiro atoms. The van der Waals surface area contributed by atoms with Gasteiger partial charge in [-0.1, -0.05) is 0 Å². The minimum atomic E-state index is -1.22. The van der Waals surface area contributed by atoms with E-state index in [1.807, 2.05) is 0 Å². The second-order valence-electron chi connectivity index (χ2n) is 3.96. The molecule has 0 aliphatic heterocycles. The van der Waals surface area contributed by atoms with E-state index in [4.69, 9.17) is 5.11 Å². The van der Waals surface area contributed by atoms with Gasteiger partial charge in [-0.2, -0.15) is 0 Å². The highest BCUT2D eigenvalue weighted by Crippen LogP contribution is 2.21. The molecular weight excluding hydrogens is 232 g/mol. The van der Waals surface area contributed by atoms with Crippen LogP contribution in [0.15, 0.2) is 35.4 Å². The third kappa shape index (κ3) is 1.90. The molecule has 92 valence electrons. The first-order valence-corrected chi connectivity index (χ1v) is 5.36. The maximum absolute atomic E-state index is 11.8. The van der Waals surface area contributed by atoms with Crippen LogP contribution >= 0.6 is 0 Å². The Kier molecular flexibility index (Phi) is 2.97. The number of pyridine rings is 2. The summed E-state index contributed by atoms with van der Waals surface area (Å²) in [5.41, 5.74) is 1.54. The van der Waals surface area contributed by atoms with Crippen molar-refractivity contribution in [1.82, 2.24) is 9.55 Å². The van der Waals surface area contributed by atoms with Crippen molar-refractivity contribution in [3.05, 3.63) is 52.2 Å². The Morgan fingerprint density at radius 3 is 2.50 bits per heavy atom. The second kappa shape index (κ2) is 4.44. The van der Waals surface area contributed by atoms with Crippen molar-refractivity contribution in [1.29, 1.82) is 0 Å². The van der Waals surface area contributed by atoms with Crippen molar-refractivity contribution in [2.45, 2.75) is 6.92 Å². The minimum Gasteiger partial charge on any atom is -0.477 e. The zero-order valence-corrected chi connectivity index (χ0v) is 10.0. The lowest BCUT2D eigenvalue weighted by molar-refractivity contribution is 0.0694. The van der Waals surface area contributed by atoms with Gasteiger partial charge in [0.1, 0.15) is 5.56 Å². The summed E-state index contributed by atoms with van der Waals surface area (Å²) in [7, 11) is 1.56. The smallest absolute Gasteiger partial charge is 0.341 e. The molecule has 2 aromatic rings. The molecule has 0 saturated carbocycles. The van der Waals surface area contributed by atoms with E-state index in [9.17, 15) is 9.59 Å². The number of hydrogen-bond donors (Lipinski definition) is 1. The van der Waals surface area contributed by atoms with Gasteiger partial charge in [0.15, 0.2) is 0 Å². The summed E-state index contributed by atoms with van der Waals surface area (Å²) in [5.74, 6) is -1.22. The summed E-state index contributed by atoms with van der Waals surface area (Å²) in [6.07, 6.45) is 3.25. The molecule has 0 amide bonds. The number of carboxylic acids is 1. The molecule has 2 aromatic heterocycles. The van der Waals surface area contributed by atoms with Crippen LogP contribution in [0.5, 0.6) is 0 Å². The van der Waals surface area contributed by atoms with Gasteiger partial charge >= 0.3 is 5.97 Å². The molecule has 0 saturated heterocycles. The number of carbonyl (C=O) groups is 1.